The van der Waals surface area contributed by atoms with Crippen LogP contribution in [0.2, 0.25) is 0 Å². The molecule has 1 fully saturated rings. The standard InChI is InChI=1S/C18H29N3O3/c1-14-10-15(4-5-16(14)23-3)11-20-17(19-2)21-12-18(6-8-22)7-9-24-13-18/h4-5,10,22H,6-9,11-13H2,1-3H3,(H2,19,20,21). The van der Waals surface area contributed by atoms with Gasteiger partial charge in [0.05, 0.1) is 13.7 Å². The summed E-state index contributed by atoms with van der Waals surface area (Å²) in [6.45, 7) is 5.10. The highest BCUT2D eigenvalue weighted by molar-refractivity contribution is 5.79. The number of aryl methyl sites for hydroxylation is 1. The average Bonchev–Trinajstić information content (AvgIpc) is 3.04. The van der Waals surface area contributed by atoms with E-state index in [1.54, 1.807) is 14.2 Å². The van der Waals surface area contributed by atoms with E-state index >= 15 is 0 Å². The van der Waals surface area contributed by atoms with Crippen LogP contribution in [0.3, 0.4) is 0 Å². The topological polar surface area (TPSA) is 75.1 Å². The summed E-state index contributed by atoms with van der Waals surface area (Å²) in [5, 5.41) is 16.0. The first-order chi connectivity index (χ1) is 11.6. The molecule has 24 heavy (non-hydrogen) atoms. The molecule has 0 bridgehead atoms. The van der Waals surface area contributed by atoms with Gasteiger partial charge in [-0.1, -0.05) is 12.1 Å². The summed E-state index contributed by atoms with van der Waals surface area (Å²) in [5.74, 6) is 1.65. The highest BCUT2D eigenvalue weighted by Gasteiger charge is 2.34. The highest BCUT2D eigenvalue weighted by Crippen LogP contribution is 2.31. The number of hydrogen-bond acceptors (Lipinski definition) is 4. The molecule has 0 saturated carbocycles. The second kappa shape index (κ2) is 8.89. The third-order valence-electron chi connectivity index (χ3n) is 4.60. The minimum Gasteiger partial charge on any atom is -0.496 e. The van der Waals surface area contributed by atoms with Crippen LogP contribution in [0.4, 0.5) is 0 Å². The summed E-state index contributed by atoms with van der Waals surface area (Å²) in [7, 11) is 3.44. The fourth-order valence-electron chi connectivity index (χ4n) is 3.04. The molecular weight excluding hydrogens is 306 g/mol. The first kappa shape index (κ1) is 18.5. The lowest BCUT2D eigenvalue weighted by molar-refractivity contribution is 0.127. The maximum atomic E-state index is 9.30. The summed E-state index contributed by atoms with van der Waals surface area (Å²) >= 11 is 0. The number of nitrogens with one attached hydrogen (secondary N) is 2. The first-order valence-corrected chi connectivity index (χ1v) is 8.39. The molecule has 1 unspecified atom stereocenters. The van der Waals surface area contributed by atoms with Crippen molar-refractivity contribution in [3.63, 3.8) is 0 Å². The maximum Gasteiger partial charge on any atom is 0.191 e. The summed E-state index contributed by atoms with van der Waals surface area (Å²) < 4.78 is 10.8. The monoisotopic (exact) mass is 335 g/mol. The first-order valence-electron chi connectivity index (χ1n) is 8.39. The molecule has 0 spiro atoms. The number of guanidine groups is 1. The van der Waals surface area contributed by atoms with E-state index in [9.17, 15) is 5.11 Å². The average molecular weight is 335 g/mol. The van der Waals surface area contributed by atoms with E-state index in [4.69, 9.17) is 9.47 Å². The highest BCUT2D eigenvalue weighted by atomic mass is 16.5. The Balaban J connectivity index is 1.87. The second-order valence-electron chi connectivity index (χ2n) is 6.36. The van der Waals surface area contributed by atoms with Crippen molar-refractivity contribution in [2.75, 3.05) is 40.5 Å². The number of hydrogen-bond donors (Lipinski definition) is 3. The van der Waals surface area contributed by atoms with Gasteiger partial charge in [0.1, 0.15) is 5.75 Å². The minimum absolute atomic E-state index is 0.00305. The molecule has 1 aromatic rings. The Bertz CT molecular complexity index is 554. The van der Waals surface area contributed by atoms with Crippen LogP contribution in [0.25, 0.3) is 0 Å². The lowest BCUT2D eigenvalue weighted by Gasteiger charge is -2.27. The third-order valence-corrected chi connectivity index (χ3v) is 4.60. The van der Waals surface area contributed by atoms with Gasteiger partial charge in [-0.2, -0.15) is 0 Å². The Hall–Kier alpha value is -1.79. The van der Waals surface area contributed by atoms with Crippen LogP contribution in [0.1, 0.15) is 24.0 Å². The van der Waals surface area contributed by atoms with E-state index in [1.165, 1.54) is 5.56 Å². The third kappa shape index (κ3) is 4.85. The zero-order valence-corrected chi connectivity index (χ0v) is 14.9. The molecular formula is C18H29N3O3. The lowest BCUT2D eigenvalue weighted by Crippen LogP contribution is -2.44. The molecule has 0 aromatic heterocycles. The zero-order chi connectivity index (χ0) is 17.4. The summed E-state index contributed by atoms with van der Waals surface area (Å²) in [6, 6.07) is 6.13. The minimum atomic E-state index is 0.00305. The van der Waals surface area contributed by atoms with E-state index in [1.807, 2.05) is 19.1 Å². The molecule has 1 saturated heterocycles. The summed E-state index contributed by atoms with van der Waals surface area (Å²) in [6.07, 6.45) is 1.71. The molecule has 6 nitrogen and oxygen atoms in total. The molecule has 2 rings (SSSR count). The van der Waals surface area contributed by atoms with Crippen LogP contribution < -0.4 is 15.4 Å². The largest absolute Gasteiger partial charge is 0.496 e. The molecule has 0 radical (unpaired) electrons. The number of aliphatic hydroxyl groups is 1. The van der Waals surface area contributed by atoms with Gasteiger partial charge >= 0.3 is 0 Å². The molecule has 0 aliphatic carbocycles. The fraction of sp³-hybridized carbons (Fsp3) is 0.611. The van der Waals surface area contributed by atoms with E-state index in [0.29, 0.717) is 13.2 Å². The van der Waals surface area contributed by atoms with Crippen molar-refractivity contribution < 1.29 is 14.6 Å². The van der Waals surface area contributed by atoms with Crippen LogP contribution in [0.15, 0.2) is 23.2 Å². The van der Waals surface area contributed by atoms with E-state index in [2.05, 4.69) is 21.7 Å². The number of nitrogens with zero attached hydrogens (tertiary/aromatic N) is 1. The fourth-order valence-corrected chi connectivity index (χ4v) is 3.04. The maximum absolute atomic E-state index is 9.30. The van der Waals surface area contributed by atoms with Crippen molar-refractivity contribution in [1.82, 2.24) is 10.6 Å². The number of aliphatic hydroxyl groups excluding tert-OH is 1. The second-order valence-corrected chi connectivity index (χ2v) is 6.36. The molecule has 6 heteroatoms. The van der Waals surface area contributed by atoms with Gasteiger partial charge in [-0.05, 0) is 37.0 Å². The van der Waals surface area contributed by atoms with Gasteiger partial charge in [-0.3, -0.25) is 4.99 Å². The normalized spacial score (nSPS) is 20.9. The molecule has 1 heterocycles. The summed E-state index contributed by atoms with van der Waals surface area (Å²) in [5.41, 5.74) is 2.29. The van der Waals surface area contributed by atoms with Crippen molar-refractivity contribution in [2.24, 2.45) is 10.4 Å². The van der Waals surface area contributed by atoms with Gasteiger partial charge in [-0.15, -0.1) is 0 Å². The van der Waals surface area contributed by atoms with Crippen LogP contribution in [0, 0.1) is 12.3 Å². The molecule has 3 N–H and O–H groups in total. The van der Waals surface area contributed by atoms with Gasteiger partial charge in [0, 0.05) is 38.8 Å². The van der Waals surface area contributed by atoms with Gasteiger partial charge in [-0.25, -0.2) is 0 Å². The Morgan fingerprint density at radius 3 is 2.83 bits per heavy atom. The molecule has 0 amide bonds. The van der Waals surface area contributed by atoms with E-state index < -0.39 is 0 Å². The van der Waals surface area contributed by atoms with Gasteiger partial charge in [0.15, 0.2) is 5.96 Å². The SMILES string of the molecule is CN=C(NCc1ccc(OC)c(C)c1)NCC1(CCO)CCOC1. The Labute approximate surface area is 144 Å². The van der Waals surface area contributed by atoms with E-state index in [0.717, 1.165) is 43.3 Å². The lowest BCUT2D eigenvalue weighted by atomic mass is 9.84. The van der Waals surface area contributed by atoms with Crippen LogP contribution in [-0.2, 0) is 11.3 Å². The quantitative estimate of drug-likeness (QED) is 0.520. The van der Waals surface area contributed by atoms with E-state index in [-0.39, 0.29) is 12.0 Å². The number of rotatable bonds is 7. The predicted octanol–water partition coefficient (Wildman–Crippen LogP) is 1.46. The molecule has 1 aliphatic rings. The number of aliphatic imine (C=N–C) groups is 1. The van der Waals surface area contributed by atoms with Crippen LogP contribution >= 0.6 is 0 Å². The number of methoxy groups -OCH3 is 1. The smallest absolute Gasteiger partial charge is 0.191 e. The molecule has 134 valence electrons. The predicted molar refractivity (Wildman–Crippen MR) is 95.5 cm³/mol. The molecule has 1 aromatic carbocycles. The Kier molecular flexibility index (Phi) is 6.87. The molecule has 1 atom stereocenters. The van der Waals surface area contributed by atoms with Gasteiger partial charge < -0.3 is 25.2 Å². The van der Waals surface area contributed by atoms with Crippen molar-refractivity contribution in [3.05, 3.63) is 29.3 Å². The Morgan fingerprint density at radius 1 is 1.42 bits per heavy atom. The van der Waals surface area contributed by atoms with Gasteiger partial charge in [0.2, 0.25) is 0 Å². The van der Waals surface area contributed by atoms with Crippen molar-refractivity contribution in [3.8, 4) is 5.75 Å². The van der Waals surface area contributed by atoms with Gasteiger partial charge in [0.25, 0.3) is 0 Å². The Morgan fingerprint density at radius 2 is 2.25 bits per heavy atom. The molecule has 1 aliphatic heterocycles. The van der Waals surface area contributed by atoms with Crippen molar-refractivity contribution in [2.45, 2.75) is 26.3 Å². The van der Waals surface area contributed by atoms with Crippen molar-refractivity contribution in [1.29, 1.82) is 0 Å². The summed E-state index contributed by atoms with van der Waals surface area (Å²) in [4.78, 5) is 4.28. The number of ether oxygens (including phenoxy) is 2. The zero-order valence-electron chi connectivity index (χ0n) is 14.9. The number of benzene rings is 1. The van der Waals surface area contributed by atoms with Crippen molar-refractivity contribution >= 4 is 5.96 Å². The van der Waals surface area contributed by atoms with Crippen LogP contribution in [-0.4, -0.2) is 51.6 Å². The van der Waals surface area contributed by atoms with Crippen LogP contribution in [0.5, 0.6) is 5.75 Å².